The van der Waals surface area contributed by atoms with Crippen LogP contribution in [0.4, 0.5) is 0 Å². The van der Waals surface area contributed by atoms with E-state index in [0.29, 0.717) is 0 Å². The first kappa shape index (κ1) is 17.0. The van der Waals surface area contributed by atoms with Crippen molar-refractivity contribution in [2.75, 3.05) is 19.7 Å². The van der Waals surface area contributed by atoms with E-state index < -0.39 is 0 Å². The van der Waals surface area contributed by atoms with Gasteiger partial charge in [0.25, 0.3) is 0 Å². The molecule has 2 nitrogen and oxygen atoms in total. The fraction of sp³-hybridized carbons (Fsp3) is 1.00. The van der Waals surface area contributed by atoms with Crippen LogP contribution >= 0.6 is 0 Å². The maximum Gasteiger partial charge on any atom is 0.0806 e. The van der Waals surface area contributed by atoms with Crippen molar-refractivity contribution in [2.45, 2.75) is 90.1 Å². The van der Waals surface area contributed by atoms with Gasteiger partial charge in [-0.25, -0.2) is 0 Å². The number of hydrogen-bond donors (Lipinski definition) is 1. The lowest BCUT2D eigenvalue weighted by atomic mass is 9.94. The van der Waals surface area contributed by atoms with E-state index in [0.717, 1.165) is 19.7 Å². The summed E-state index contributed by atoms with van der Waals surface area (Å²) < 4.78 is 6.38. The van der Waals surface area contributed by atoms with Crippen molar-refractivity contribution in [3.8, 4) is 0 Å². The van der Waals surface area contributed by atoms with Crippen LogP contribution in [0.5, 0.6) is 0 Å². The molecule has 0 unspecified atom stereocenters. The molecule has 0 aromatic carbocycles. The van der Waals surface area contributed by atoms with Crippen LogP contribution in [0.1, 0.15) is 84.5 Å². The number of unbranched alkanes of at least 4 members (excludes halogenated alkanes) is 3. The summed E-state index contributed by atoms with van der Waals surface area (Å²) in [6.07, 6.45) is 14.5. The van der Waals surface area contributed by atoms with E-state index in [1.807, 2.05) is 0 Å². The normalized spacial score (nSPS) is 19.3. The van der Waals surface area contributed by atoms with E-state index in [-0.39, 0.29) is 5.60 Å². The predicted octanol–water partition coefficient (Wildman–Crippen LogP) is 4.68. The third-order valence-corrected chi connectivity index (χ3v) is 4.29. The second kappa shape index (κ2) is 10.7. The summed E-state index contributed by atoms with van der Waals surface area (Å²) in [6, 6.07) is 0. The topological polar surface area (TPSA) is 21.3 Å². The molecule has 0 aliphatic heterocycles. The Bertz CT molecular complexity index is 197. The Morgan fingerprint density at radius 1 is 0.895 bits per heavy atom. The molecule has 1 aliphatic rings. The Labute approximate surface area is 120 Å². The Morgan fingerprint density at radius 2 is 1.63 bits per heavy atom. The summed E-state index contributed by atoms with van der Waals surface area (Å²) in [5.41, 5.74) is 0.151. The summed E-state index contributed by atoms with van der Waals surface area (Å²) in [6.45, 7) is 7.66. The lowest BCUT2D eigenvalue weighted by Crippen LogP contribution is -2.43. The third kappa shape index (κ3) is 7.31. The smallest absolute Gasteiger partial charge is 0.0806 e. The van der Waals surface area contributed by atoms with E-state index in [2.05, 4.69) is 19.2 Å². The molecule has 0 atom stereocenters. The Hall–Kier alpha value is -0.0800. The average molecular weight is 269 g/mol. The molecule has 0 aromatic heterocycles. The van der Waals surface area contributed by atoms with Crippen molar-refractivity contribution < 1.29 is 4.74 Å². The zero-order chi connectivity index (χ0) is 13.8. The molecule has 1 saturated carbocycles. The highest BCUT2D eigenvalue weighted by Gasteiger charge is 2.31. The van der Waals surface area contributed by atoms with E-state index in [9.17, 15) is 0 Å². The minimum Gasteiger partial charge on any atom is -0.374 e. The monoisotopic (exact) mass is 269 g/mol. The third-order valence-electron chi connectivity index (χ3n) is 4.29. The molecule has 1 rings (SSSR count). The second-order valence-electron chi connectivity index (χ2n) is 6.18. The van der Waals surface area contributed by atoms with Crippen LogP contribution in [0.25, 0.3) is 0 Å². The van der Waals surface area contributed by atoms with Crippen LogP contribution in [-0.2, 0) is 4.74 Å². The van der Waals surface area contributed by atoms with Crippen LogP contribution in [0, 0.1) is 0 Å². The molecule has 1 fully saturated rings. The molecule has 0 heterocycles. The Kier molecular flexibility index (Phi) is 9.54. The van der Waals surface area contributed by atoms with Crippen LogP contribution in [0.3, 0.4) is 0 Å². The molecule has 114 valence electrons. The lowest BCUT2D eigenvalue weighted by Gasteiger charge is -2.33. The number of ether oxygens (including phenoxy) is 1. The van der Waals surface area contributed by atoms with Crippen molar-refractivity contribution in [3.05, 3.63) is 0 Å². The predicted molar refractivity (Wildman–Crippen MR) is 83.7 cm³/mol. The van der Waals surface area contributed by atoms with Crippen molar-refractivity contribution in [1.82, 2.24) is 5.32 Å². The SMILES string of the molecule is CCCCCCOC1(CNCCC)CCCCCC1. The fourth-order valence-electron chi connectivity index (χ4n) is 3.06. The molecule has 0 saturated heterocycles. The summed E-state index contributed by atoms with van der Waals surface area (Å²) in [5.74, 6) is 0. The van der Waals surface area contributed by atoms with Crippen LogP contribution in [0.2, 0.25) is 0 Å². The molecule has 1 aliphatic carbocycles. The standard InChI is InChI=1S/C17H35NO/c1-3-5-6-11-15-19-17(16-18-14-4-2)12-9-7-8-10-13-17/h18H,3-16H2,1-2H3. The first-order valence-electron chi connectivity index (χ1n) is 8.67. The molecule has 0 spiro atoms. The zero-order valence-corrected chi connectivity index (χ0v) is 13.3. The minimum absolute atomic E-state index is 0.151. The van der Waals surface area contributed by atoms with E-state index in [1.54, 1.807) is 0 Å². The van der Waals surface area contributed by atoms with E-state index in [1.165, 1.54) is 70.6 Å². The summed E-state index contributed by atoms with van der Waals surface area (Å²) in [5, 5.41) is 3.60. The molecule has 19 heavy (non-hydrogen) atoms. The van der Waals surface area contributed by atoms with Crippen LogP contribution < -0.4 is 5.32 Å². The summed E-state index contributed by atoms with van der Waals surface area (Å²) in [4.78, 5) is 0. The minimum atomic E-state index is 0.151. The van der Waals surface area contributed by atoms with Crippen molar-refractivity contribution in [2.24, 2.45) is 0 Å². The quantitative estimate of drug-likeness (QED) is 0.459. The molecule has 2 heteroatoms. The maximum atomic E-state index is 6.38. The second-order valence-corrected chi connectivity index (χ2v) is 6.18. The van der Waals surface area contributed by atoms with Gasteiger partial charge in [0, 0.05) is 13.2 Å². The van der Waals surface area contributed by atoms with Gasteiger partial charge in [-0.3, -0.25) is 0 Å². The van der Waals surface area contributed by atoms with Crippen molar-refractivity contribution in [1.29, 1.82) is 0 Å². The highest BCUT2D eigenvalue weighted by molar-refractivity contribution is 4.85. The Morgan fingerprint density at radius 3 is 2.26 bits per heavy atom. The Balaban J connectivity index is 2.33. The summed E-state index contributed by atoms with van der Waals surface area (Å²) >= 11 is 0. The number of rotatable bonds is 10. The first-order chi connectivity index (χ1) is 9.33. The van der Waals surface area contributed by atoms with Crippen LogP contribution in [0.15, 0.2) is 0 Å². The van der Waals surface area contributed by atoms with Gasteiger partial charge in [0.05, 0.1) is 5.60 Å². The van der Waals surface area contributed by atoms with Gasteiger partial charge in [-0.2, -0.15) is 0 Å². The zero-order valence-electron chi connectivity index (χ0n) is 13.3. The molecule has 0 amide bonds. The van der Waals surface area contributed by atoms with Gasteiger partial charge in [0.2, 0.25) is 0 Å². The fourth-order valence-corrected chi connectivity index (χ4v) is 3.06. The van der Waals surface area contributed by atoms with Gasteiger partial charge >= 0.3 is 0 Å². The summed E-state index contributed by atoms with van der Waals surface area (Å²) in [7, 11) is 0. The first-order valence-corrected chi connectivity index (χ1v) is 8.67. The highest BCUT2D eigenvalue weighted by Crippen LogP contribution is 2.30. The molecule has 0 bridgehead atoms. The van der Waals surface area contributed by atoms with Gasteiger partial charge in [-0.1, -0.05) is 58.8 Å². The molecular formula is C17H35NO. The number of nitrogens with one attached hydrogen (secondary N) is 1. The number of hydrogen-bond acceptors (Lipinski definition) is 2. The highest BCUT2D eigenvalue weighted by atomic mass is 16.5. The molecule has 0 aromatic rings. The van der Waals surface area contributed by atoms with Gasteiger partial charge in [-0.05, 0) is 32.2 Å². The van der Waals surface area contributed by atoms with Gasteiger partial charge in [-0.15, -0.1) is 0 Å². The van der Waals surface area contributed by atoms with E-state index in [4.69, 9.17) is 4.74 Å². The maximum absolute atomic E-state index is 6.38. The molecular weight excluding hydrogens is 234 g/mol. The van der Waals surface area contributed by atoms with E-state index >= 15 is 0 Å². The molecule has 0 radical (unpaired) electrons. The van der Waals surface area contributed by atoms with Crippen molar-refractivity contribution in [3.63, 3.8) is 0 Å². The van der Waals surface area contributed by atoms with Crippen LogP contribution in [-0.4, -0.2) is 25.3 Å². The average Bonchev–Trinajstić information content (AvgIpc) is 2.65. The lowest BCUT2D eigenvalue weighted by molar-refractivity contribution is -0.0561. The largest absolute Gasteiger partial charge is 0.374 e. The molecule has 1 N–H and O–H groups in total. The van der Waals surface area contributed by atoms with Gasteiger partial charge in [0.1, 0.15) is 0 Å². The van der Waals surface area contributed by atoms with Crippen molar-refractivity contribution >= 4 is 0 Å². The van der Waals surface area contributed by atoms with Gasteiger partial charge < -0.3 is 10.1 Å². The van der Waals surface area contributed by atoms with Gasteiger partial charge in [0.15, 0.2) is 0 Å².